The molecule has 1 aliphatic rings. The molecular weight excluding hydrogens is 328 g/mol. The van der Waals surface area contributed by atoms with Crippen LogP contribution in [0.2, 0.25) is 0 Å². The summed E-state index contributed by atoms with van der Waals surface area (Å²) in [5.41, 5.74) is 3.74. The lowest BCUT2D eigenvalue weighted by molar-refractivity contribution is -0.142. The minimum Gasteiger partial charge on any atom is -0.481 e. The Bertz CT molecular complexity index is 778. The first-order valence-corrected chi connectivity index (χ1v) is 8.99. The number of hydrogen-bond donors (Lipinski definition) is 3. The van der Waals surface area contributed by atoms with E-state index in [0.717, 1.165) is 42.6 Å². The molecule has 0 aliphatic heterocycles. The average molecular weight is 352 g/mol. The second-order valence-corrected chi connectivity index (χ2v) is 6.90. The third-order valence-corrected chi connectivity index (χ3v) is 5.11. The second-order valence-electron chi connectivity index (χ2n) is 6.90. The molecule has 0 spiro atoms. The van der Waals surface area contributed by atoms with Crippen LogP contribution in [0.5, 0.6) is 0 Å². The fourth-order valence-corrected chi connectivity index (χ4v) is 3.51. The van der Waals surface area contributed by atoms with Gasteiger partial charge in [0, 0.05) is 11.4 Å². The molecule has 3 rings (SSSR count). The van der Waals surface area contributed by atoms with E-state index in [-0.39, 0.29) is 11.9 Å². The molecule has 0 atom stereocenters. The number of carbonyl (C=O) groups is 2. The quantitative estimate of drug-likeness (QED) is 0.725. The van der Waals surface area contributed by atoms with Gasteiger partial charge in [-0.05, 0) is 67.9 Å². The Hall–Kier alpha value is -2.82. The second kappa shape index (κ2) is 8.04. The Labute approximate surface area is 153 Å². The number of benzene rings is 2. The highest BCUT2D eigenvalue weighted by atomic mass is 16.4. The van der Waals surface area contributed by atoms with Gasteiger partial charge in [-0.15, -0.1) is 0 Å². The summed E-state index contributed by atoms with van der Waals surface area (Å²) in [5.74, 6) is -0.472. The van der Waals surface area contributed by atoms with Gasteiger partial charge in [-0.1, -0.05) is 30.3 Å². The first kappa shape index (κ1) is 18.0. The summed E-state index contributed by atoms with van der Waals surface area (Å²) in [6, 6.07) is 15.2. The van der Waals surface area contributed by atoms with Crippen LogP contribution in [-0.2, 0) is 4.79 Å². The highest BCUT2D eigenvalue weighted by Gasteiger charge is 2.26. The SMILES string of the molecule is Cc1ccccc1NC(=O)Nc1ccc([C@H]2CC[C@H](C(=O)O)CC2)cc1. The van der Waals surface area contributed by atoms with Crippen molar-refractivity contribution in [3.8, 4) is 0 Å². The number of aryl methyl sites for hydroxylation is 1. The van der Waals surface area contributed by atoms with Gasteiger partial charge in [0.2, 0.25) is 0 Å². The average Bonchev–Trinajstić information content (AvgIpc) is 2.64. The number of nitrogens with one attached hydrogen (secondary N) is 2. The summed E-state index contributed by atoms with van der Waals surface area (Å²) in [6.07, 6.45) is 3.27. The molecule has 0 bridgehead atoms. The molecule has 1 fully saturated rings. The predicted molar refractivity (Wildman–Crippen MR) is 103 cm³/mol. The fraction of sp³-hybridized carbons (Fsp3) is 0.333. The number of hydrogen-bond acceptors (Lipinski definition) is 2. The van der Waals surface area contributed by atoms with Crippen LogP contribution in [-0.4, -0.2) is 17.1 Å². The summed E-state index contributed by atoms with van der Waals surface area (Å²) < 4.78 is 0. The summed E-state index contributed by atoms with van der Waals surface area (Å²) in [4.78, 5) is 23.2. The molecule has 5 heteroatoms. The summed E-state index contributed by atoms with van der Waals surface area (Å²) in [7, 11) is 0. The fourth-order valence-electron chi connectivity index (χ4n) is 3.51. The maximum absolute atomic E-state index is 12.1. The van der Waals surface area contributed by atoms with Crippen molar-refractivity contribution in [1.29, 1.82) is 0 Å². The van der Waals surface area contributed by atoms with Crippen molar-refractivity contribution >= 4 is 23.4 Å². The van der Waals surface area contributed by atoms with Crippen molar-refractivity contribution in [3.63, 3.8) is 0 Å². The largest absolute Gasteiger partial charge is 0.481 e. The van der Waals surface area contributed by atoms with Gasteiger partial charge in [0.05, 0.1) is 5.92 Å². The van der Waals surface area contributed by atoms with Crippen LogP contribution < -0.4 is 10.6 Å². The topological polar surface area (TPSA) is 78.4 Å². The highest BCUT2D eigenvalue weighted by molar-refractivity contribution is 6.00. The van der Waals surface area contributed by atoms with Crippen LogP contribution in [0.4, 0.5) is 16.2 Å². The van der Waals surface area contributed by atoms with E-state index >= 15 is 0 Å². The molecule has 5 nitrogen and oxygen atoms in total. The first-order valence-electron chi connectivity index (χ1n) is 8.99. The van der Waals surface area contributed by atoms with E-state index in [1.54, 1.807) is 0 Å². The molecule has 0 saturated heterocycles. The molecule has 136 valence electrons. The van der Waals surface area contributed by atoms with Crippen LogP contribution >= 0.6 is 0 Å². The zero-order valence-electron chi connectivity index (χ0n) is 14.9. The van der Waals surface area contributed by atoms with Gasteiger partial charge in [0.1, 0.15) is 0 Å². The monoisotopic (exact) mass is 352 g/mol. The highest BCUT2D eigenvalue weighted by Crippen LogP contribution is 2.36. The molecule has 0 aromatic heterocycles. The van der Waals surface area contributed by atoms with Crippen LogP contribution in [0.3, 0.4) is 0 Å². The van der Waals surface area contributed by atoms with Gasteiger partial charge < -0.3 is 15.7 Å². The number of anilines is 2. The van der Waals surface area contributed by atoms with Crippen molar-refractivity contribution in [3.05, 3.63) is 59.7 Å². The Kier molecular flexibility index (Phi) is 5.56. The van der Waals surface area contributed by atoms with Gasteiger partial charge in [0.15, 0.2) is 0 Å². The lowest BCUT2D eigenvalue weighted by Gasteiger charge is -2.26. The molecule has 2 aromatic rings. The molecule has 26 heavy (non-hydrogen) atoms. The smallest absolute Gasteiger partial charge is 0.323 e. The number of aliphatic carboxylic acids is 1. The van der Waals surface area contributed by atoms with Crippen molar-refractivity contribution in [1.82, 2.24) is 0 Å². The molecule has 1 aliphatic carbocycles. The zero-order chi connectivity index (χ0) is 18.5. The number of carboxylic acid groups (broad SMARTS) is 1. The van der Waals surface area contributed by atoms with Gasteiger partial charge in [-0.2, -0.15) is 0 Å². The van der Waals surface area contributed by atoms with E-state index in [1.165, 1.54) is 5.56 Å². The summed E-state index contributed by atoms with van der Waals surface area (Å²) in [5, 5.41) is 14.8. The molecule has 1 saturated carbocycles. The number of amides is 2. The maximum Gasteiger partial charge on any atom is 0.323 e. The van der Waals surface area contributed by atoms with E-state index in [2.05, 4.69) is 10.6 Å². The Morgan fingerprint density at radius 3 is 2.19 bits per heavy atom. The van der Waals surface area contributed by atoms with E-state index in [0.29, 0.717) is 5.92 Å². The minimum atomic E-state index is -0.678. The van der Waals surface area contributed by atoms with Crippen LogP contribution in [0.15, 0.2) is 48.5 Å². The number of carboxylic acids is 1. The summed E-state index contributed by atoms with van der Waals surface area (Å²) >= 11 is 0. The third kappa shape index (κ3) is 4.42. The van der Waals surface area contributed by atoms with Crippen molar-refractivity contribution in [2.75, 3.05) is 10.6 Å². The number of carbonyl (C=O) groups excluding carboxylic acids is 1. The predicted octanol–water partition coefficient (Wildman–Crippen LogP) is 5.00. The van der Waals surface area contributed by atoms with Gasteiger partial charge in [-0.25, -0.2) is 4.79 Å². The minimum absolute atomic E-state index is 0.197. The maximum atomic E-state index is 12.1. The van der Waals surface area contributed by atoms with Crippen molar-refractivity contribution < 1.29 is 14.7 Å². The molecule has 0 radical (unpaired) electrons. The van der Waals surface area contributed by atoms with Crippen molar-refractivity contribution in [2.45, 2.75) is 38.5 Å². The standard InChI is InChI=1S/C21H24N2O3/c1-14-4-2-3-5-19(14)23-21(26)22-18-12-10-16(11-13-18)15-6-8-17(9-7-15)20(24)25/h2-5,10-13,15,17H,6-9H2,1H3,(H,24,25)(H2,22,23,26)/t15-,17-. The van der Waals surface area contributed by atoms with Crippen molar-refractivity contribution in [2.24, 2.45) is 5.92 Å². The Balaban J connectivity index is 1.55. The third-order valence-electron chi connectivity index (χ3n) is 5.11. The molecular formula is C21H24N2O3. The summed E-state index contributed by atoms with van der Waals surface area (Å²) in [6.45, 7) is 1.95. The normalized spacial score (nSPS) is 19.6. The van der Waals surface area contributed by atoms with E-state index in [9.17, 15) is 9.59 Å². The number of urea groups is 1. The molecule has 0 heterocycles. The van der Waals surface area contributed by atoms with E-state index in [4.69, 9.17) is 5.11 Å². The molecule has 2 amide bonds. The van der Waals surface area contributed by atoms with Gasteiger partial charge in [0.25, 0.3) is 0 Å². The van der Waals surface area contributed by atoms with E-state index in [1.807, 2.05) is 55.5 Å². The van der Waals surface area contributed by atoms with Gasteiger partial charge >= 0.3 is 12.0 Å². The molecule has 3 N–H and O–H groups in total. The number of rotatable bonds is 4. The molecule has 2 aromatic carbocycles. The first-order chi connectivity index (χ1) is 12.5. The zero-order valence-corrected chi connectivity index (χ0v) is 14.9. The molecule has 0 unspecified atom stereocenters. The lowest BCUT2D eigenvalue weighted by atomic mass is 9.79. The Morgan fingerprint density at radius 2 is 1.58 bits per heavy atom. The van der Waals surface area contributed by atoms with Crippen LogP contribution in [0.1, 0.15) is 42.7 Å². The van der Waals surface area contributed by atoms with Gasteiger partial charge in [-0.3, -0.25) is 4.79 Å². The van der Waals surface area contributed by atoms with Crippen LogP contribution in [0.25, 0.3) is 0 Å². The van der Waals surface area contributed by atoms with E-state index < -0.39 is 5.97 Å². The number of para-hydroxylation sites is 1. The Morgan fingerprint density at radius 1 is 0.923 bits per heavy atom. The lowest BCUT2D eigenvalue weighted by Crippen LogP contribution is -2.21. The van der Waals surface area contributed by atoms with Crippen LogP contribution in [0, 0.1) is 12.8 Å².